The van der Waals surface area contributed by atoms with Crippen molar-refractivity contribution >= 4 is 36.1 Å². The first kappa shape index (κ1) is 14.0. The Morgan fingerprint density at radius 1 is 1.12 bits per heavy atom. The van der Waals surface area contributed by atoms with Gasteiger partial charge in [0.05, 0.1) is 5.30 Å². The van der Waals surface area contributed by atoms with E-state index in [0.29, 0.717) is 30.2 Å². The zero-order chi connectivity index (χ0) is 12.2. The van der Waals surface area contributed by atoms with E-state index in [2.05, 4.69) is 0 Å². The normalized spacial score (nSPS) is 11.8. The van der Waals surface area contributed by atoms with Crippen LogP contribution in [0.5, 0.6) is 0 Å². The summed E-state index contributed by atoms with van der Waals surface area (Å²) < 4.78 is 11.3. The molecular formula is C10H13Cl2O3P. The predicted octanol–water partition coefficient (Wildman–Crippen LogP) is 2.05. The van der Waals surface area contributed by atoms with Crippen molar-refractivity contribution in [1.29, 1.82) is 0 Å². The number of hydrogen-bond donors (Lipinski definition) is 2. The average Bonchev–Trinajstić information content (AvgIpc) is 2.19. The van der Waals surface area contributed by atoms with Gasteiger partial charge in [0.25, 0.3) is 0 Å². The van der Waals surface area contributed by atoms with Gasteiger partial charge in [0.1, 0.15) is 0 Å². The fourth-order valence-corrected chi connectivity index (χ4v) is 2.89. The van der Waals surface area contributed by atoms with Crippen molar-refractivity contribution in [3.05, 3.63) is 29.3 Å². The molecule has 0 saturated heterocycles. The molecule has 1 aromatic rings. The molecule has 0 aliphatic heterocycles. The Morgan fingerprint density at radius 3 is 2.25 bits per heavy atom. The molecule has 0 unspecified atom stereocenters. The maximum Gasteiger partial charge on any atom is 0.356 e. The van der Waals surface area contributed by atoms with Crippen LogP contribution in [-0.2, 0) is 17.4 Å². The van der Waals surface area contributed by atoms with Crippen molar-refractivity contribution in [1.82, 2.24) is 0 Å². The Balaban J connectivity index is 3.26. The third-order valence-corrected chi connectivity index (χ3v) is 3.70. The molecule has 3 nitrogen and oxygen atoms in total. The molecule has 2 N–H and O–H groups in total. The molecule has 0 bridgehead atoms. The van der Waals surface area contributed by atoms with Crippen molar-refractivity contribution in [2.24, 2.45) is 0 Å². The van der Waals surface area contributed by atoms with Gasteiger partial charge in [-0.2, -0.15) is 0 Å². The maximum absolute atomic E-state index is 11.3. The summed E-state index contributed by atoms with van der Waals surface area (Å²) in [6, 6.07) is 4.90. The minimum Gasteiger partial charge on any atom is -0.321 e. The molecule has 0 spiro atoms. The number of rotatable bonds is 5. The van der Waals surface area contributed by atoms with Crippen LogP contribution in [0.2, 0.25) is 0 Å². The SMILES string of the molecule is O=P(O)(O)c1cccc(CCCl)c1CCCl. The molecule has 0 fully saturated rings. The third-order valence-electron chi connectivity index (χ3n) is 2.27. The van der Waals surface area contributed by atoms with E-state index in [1.165, 1.54) is 6.07 Å². The lowest BCUT2D eigenvalue weighted by Gasteiger charge is -2.14. The Morgan fingerprint density at radius 2 is 1.75 bits per heavy atom. The molecule has 6 heteroatoms. The number of hydrogen-bond acceptors (Lipinski definition) is 1. The third kappa shape index (κ3) is 3.47. The molecule has 0 aliphatic rings. The largest absolute Gasteiger partial charge is 0.356 e. The lowest BCUT2D eigenvalue weighted by atomic mass is 10.0. The predicted molar refractivity (Wildman–Crippen MR) is 67.0 cm³/mol. The number of alkyl halides is 2. The first-order chi connectivity index (χ1) is 7.50. The van der Waals surface area contributed by atoms with Crippen LogP contribution < -0.4 is 5.30 Å². The van der Waals surface area contributed by atoms with Gasteiger partial charge >= 0.3 is 7.60 Å². The molecule has 0 radical (unpaired) electrons. The highest BCUT2D eigenvalue weighted by atomic mass is 35.5. The second-order valence-corrected chi connectivity index (χ2v) is 5.66. The van der Waals surface area contributed by atoms with Gasteiger partial charge in [-0.25, -0.2) is 0 Å². The summed E-state index contributed by atoms with van der Waals surface area (Å²) >= 11 is 11.3. The van der Waals surface area contributed by atoms with E-state index < -0.39 is 7.60 Å². The summed E-state index contributed by atoms with van der Waals surface area (Å²) in [5, 5.41) is 0.0655. The molecule has 0 atom stereocenters. The fraction of sp³-hybridized carbons (Fsp3) is 0.400. The van der Waals surface area contributed by atoms with Crippen molar-refractivity contribution in [2.45, 2.75) is 12.8 Å². The molecule has 0 aliphatic carbocycles. The average molecular weight is 283 g/mol. The first-order valence-electron chi connectivity index (χ1n) is 4.79. The number of benzene rings is 1. The molecule has 0 amide bonds. The molecule has 0 aromatic heterocycles. The molecule has 1 aromatic carbocycles. The van der Waals surface area contributed by atoms with Crippen LogP contribution >= 0.6 is 30.8 Å². The summed E-state index contributed by atoms with van der Waals surface area (Å²) in [4.78, 5) is 18.4. The maximum atomic E-state index is 11.3. The highest BCUT2D eigenvalue weighted by Gasteiger charge is 2.22. The van der Waals surface area contributed by atoms with Crippen molar-refractivity contribution in [3.63, 3.8) is 0 Å². The minimum absolute atomic E-state index is 0.0655. The van der Waals surface area contributed by atoms with E-state index in [4.69, 9.17) is 23.2 Å². The molecule has 0 heterocycles. The van der Waals surface area contributed by atoms with Crippen LogP contribution in [0.4, 0.5) is 0 Å². The zero-order valence-electron chi connectivity index (χ0n) is 8.57. The van der Waals surface area contributed by atoms with Crippen LogP contribution in [0.25, 0.3) is 0 Å². The lowest BCUT2D eigenvalue weighted by molar-refractivity contribution is 0.387. The van der Waals surface area contributed by atoms with Crippen molar-refractivity contribution in [2.75, 3.05) is 11.8 Å². The summed E-state index contributed by atoms with van der Waals surface area (Å²) in [6.45, 7) is 0. The zero-order valence-corrected chi connectivity index (χ0v) is 11.0. The number of aryl methyl sites for hydroxylation is 1. The summed E-state index contributed by atoms with van der Waals surface area (Å²) in [7, 11) is -4.24. The molecule has 16 heavy (non-hydrogen) atoms. The number of halogens is 2. The van der Waals surface area contributed by atoms with Crippen molar-refractivity contribution < 1.29 is 14.4 Å². The standard InChI is InChI=1S/C10H13Cl2O3P/c11-6-4-8-2-1-3-10(16(13,14)15)9(8)5-7-12/h1-3H,4-7H2,(H2,13,14,15). The monoisotopic (exact) mass is 282 g/mol. The lowest BCUT2D eigenvalue weighted by Crippen LogP contribution is -2.15. The van der Waals surface area contributed by atoms with Gasteiger partial charge in [0.2, 0.25) is 0 Å². The van der Waals surface area contributed by atoms with E-state index in [1.54, 1.807) is 6.07 Å². The van der Waals surface area contributed by atoms with Crippen molar-refractivity contribution in [3.8, 4) is 0 Å². The Kier molecular flexibility index (Phi) is 5.29. The summed E-state index contributed by atoms with van der Waals surface area (Å²) in [6.07, 6.45) is 1.02. The van der Waals surface area contributed by atoms with Gasteiger partial charge in [-0.05, 0) is 30.0 Å². The van der Waals surface area contributed by atoms with E-state index in [-0.39, 0.29) is 5.30 Å². The Hall–Kier alpha value is -0.0500. The Labute approximate surface area is 105 Å². The van der Waals surface area contributed by atoms with Gasteiger partial charge in [-0.15, -0.1) is 23.2 Å². The van der Waals surface area contributed by atoms with Gasteiger partial charge in [0, 0.05) is 11.8 Å². The van der Waals surface area contributed by atoms with Crippen LogP contribution in [0.15, 0.2) is 18.2 Å². The van der Waals surface area contributed by atoms with E-state index in [0.717, 1.165) is 5.56 Å². The minimum atomic E-state index is -4.24. The summed E-state index contributed by atoms with van der Waals surface area (Å²) in [5.74, 6) is 0.742. The van der Waals surface area contributed by atoms with Gasteiger partial charge in [-0.1, -0.05) is 12.1 Å². The first-order valence-corrected chi connectivity index (χ1v) is 7.47. The highest BCUT2D eigenvalue weighted by Crippen LogP contribution is 2.35. The van der Waals surface area contributed by atoms with Crippen LogP contribution in [-0.4, -0.2) is 21.5 Å². The smallest absolute Gasteiger partial charge is 0.321 e. The van der Waals surface area contributed by atoms with Crippen LogP contribution in [0.3, 0.4) is 0 Å². The van der Waals surface area contributed by atoms with E-state index in [1.807, 2.05) is 6.07 Å². The van der Waals surface area contributed by atoms with Gasteiger partial charge < -0.3 is 9.79 Å². The summed E-state index contributed by atoms with van der Waals surface area (Å²) in [5.41, 5.74) is 1.49. The quantitative estimate of drug-likeness (QED) is 0.642. The van der Waals surface area contributed by atoms with Gasteiger partial charge in [-0.3, -0.25) is 4.57 Å². The molecular weight excluding hydrogens is 270 g/mol. The van der Waals surface area contributed by atoms with Crippen LogP contribution in [0.1, 0.15) is 11.1 Å². The van der Waals surface area contributed by atoms with Gasteiger partial charge in [0.15, 0.2) is 0 Å². The van der Waals surface area contributed by atoms with Crippen LogP contribution in [0, 0.1) is 0 Å². The molecule has 90 valence electrons. The Bertz CT molecular complexity index is 403. The second-order valence-electron chi connectivity index (χ2n) is 3.34. The second kappa shape index (κ2) is 6.04. The fourth-order valence-electron chi connectivity index (χ4n) is 1.61. The van der Waals surface area contributed by atoms with E-state index >= 15 is 0 Å². The highest BCUT2D eigenvalue weighted by molar-refractivity contribution is 7.60. The topological polar surface area (TPSA) is 57.5 Å². The molecule has 1 rings (SSSR count). The molecule has 0 saturated carbocycles. The van der Waals surface area contributed by atoms with E-state index in [9.17, 15) is 14.4 Å².